The monoisotopic (exact) mass is 303 g/mol. The fraction of sp³-hybridized carbons (Fsp3) is 0.588. The average Bonchev–Trinajstić information content (AvgIpc) is 3.34. The standard InChI is InChI=1S/C17H25N3O2/c1-13-2-4-14(5-3-13)16(20-8-10-22-11-9-20)12-18-17(21)19-15-6-7-15/h2-5,15-16H,6-12H2,1H3,(H2,18,19,21)/t16-/m0/s1. The van der Waals surface area contributed by atoms with Gasteiger partial charge in [-0.15, -0.1) is 0 Å². The highest BCUT2D eigenvalue weighted by atomic mass is 16.5. The molecular weight excluding hydrogens is 278 g/mol. The molecule has 1 saturated heterocycles. The number of hydrogen-bond donors (Lipinski definition) is 2. The van der Waals surface area contributed by atoms with Gasteiger partial charge >= 0.3 is 6.03 Å². The summed E-state index contributed by atoms with van der Waals surface area (Å²) >= 11 is 0. The number of ether oxygens (including phenoxy) is 1. The minimum atomic E-state index is -0.0483. The van der Waals surface area contributed by atoms with E-state index >= 15 is 0 Å². The summed E-state index contributed by atoms with van der Waals surface area (Å²) in [6.45, 7) is 6.05. The van der Waals surface area contributed by atoms with Crippen molar-refractivity contribution >= 4 is 6.03 Å². The summed E-state index contributed by atoms with van der Waals surface area (Å²) in [6.07, 6.45) is 2.22. The summed E-state index contributed by atoms with van der Waals surface area (Å²) in [5.41, 5.74) is 2.50. The zero-order valence-corrected chi connectivity index (χ0v) is 13.2. The largest absolute Gasteiger partial charge is 0.379 e. The van der Waals surface area contributed by atoms with Crippen LogP contribution in [0.5, 0.6) is 0 Å². The molecule has 1 atom stereocenters. The van der Waals surface area contributed by atoms with Gasteiger partial charge < -0.3 is 15.4 Å². The number of benzene rings is 1. The van der Waals surface area contributed by atoms with Gasteiger partial charge in [-0.05, 0) is 25.3 Å². The number of hydrogen-bond acceptors (Lipinski definition) is 3. The fourth-order valence-electron chi connectivity index (χ4n) is 2.79. The van der Waals surface area contributed by atoms with Gasteiger partial charge in [-0.25, -0.2) is 4.79 Å². The smallest absolute Gasteiger partial charge is 0.315 e. The Balaban J connectivity index is 1.64. The van der Waals surface area contributed by atoms with E-state index in [1.54, 1.807) is 0 Å². The van der Waals surface area contributed by atoms with Crippen LogP contribution in [0, 0.1) is 6.92 Å². The van der Waals surface area contributed by atoms with E-state index in [4.69, 9.17) is 4.74 Å². The van der Waals surface area contributed by atoms with Gasteiger partial charge in [0.25, 0.3) is 0 Å². The minimum absolute atomic E-state index is 0.0483. The van der Waals surface area contributed by atoms with Gasteiger partial charge in [-0.3, -0.25) is 4.90 Å². The number of urea groups is 1. The Morgan fingerprint density at radius 3 is 2.59 bits per heavy atom. The number of rotatable bonds is 5. The molecule has 0 radical (unpaired) electrons. The Kier molecular flexibility index (Phi) is 4.95. The van der Waals surface area contributed by atoms with E-state index in [9.17, 15) is 4.79 Å². The maximum absolute atomic E-state index is 11.9. The molecule has 1 aromatic rings. The molecule has 0 aromatic heterocycles. The van der Waals surface area contributed by atoms with Crippen LogP contribution in [0.4, 0.5) is 4.79 Å². The molecule has 22 heavy (non-hydrogen) atoms. The lowest BCUT2D eigenvalue weighted by Gasteiger charge is -2.35. The van der Waals surface area contributed by atoms with E-state index in [2.05, 4.69) is 46.7 Å². The van der Waals surface area contributed by atoms with Crippen LogP contribution >= 0.6 is 0 Å². The molecule has 120 valence electrons. The molecule has 2 aliphatic rings. The molecule has 1 aliphatic carbocycles. The van der Waals surface area contributed by atoms with Crippen LogP contribution in [-0.4, -0.2) is 49.8 Å². The highest BCUT2D eigenvalue weighted by molar-refractivity contribution is 5.74. The first kappa shape index (κ1) is 15.3. The van der Waals surface area contributed by atoms with Gasteiger partial charge in [0, 0.05) is 25.7 Å². The van der Waals surface area contributed by atoms with E-state index in [1.165, 1.54) is 11.1 Å². The van der Waals surface area contributed by atoms with Crippen LogP contribution in [-0.2, 0) is 4.74 Å². The molecule has 2 amide bonds. The Hall–Kier alpha value is -1.59. The second kappa shape index (κ2) is 7.11. The number of morpholine rings is 1. The molecule has 1 saturated carbocycles. The van der Waals surface area contributed by atoms with Crippen LogP contribution in [0.1, 0.15) is 30.0 Å². The van der Waals surface area contributed by atoms with Crippen LogP contribution in [0.25, 0.3) is 0 Å². The number of carbonyl (C=O) groups excluding carboxylic acids is 1. The predicted octanol–water partition coefficient (Wildman–Crippen LogP) is 1.83. The second-order valence-electron chi connectivity index (χ2n) is 6.20. The van der Waals surface area contributed by atoms with Crippen molar-refractivity contribution in [3.05, 3.63) is 35.4 Å². The SMILES string of the molecule is Cc1ccc([C@H](CNC(=O)NC2CC2)N2CCOCC2)cc1. The Morgan fingerprint density at radius 2 is 1.95 bits per heavy atom. The van der Waals surface area contributed by atoms with Crippen molar-refractivity contribution in [1.29, 1.82) is 0 Å². The van der Waals surface area contributed by atoms with Gasteiger partial charge in [0.05, 0.1) is 19.3 Å². The molecule has 1 aliphatic heterocycles. The third kappa shape index (κ3) is 4.21. The normalized spacial score (nSPS) is 20.4. The summed E-state index contributed by atoms with van der Waals surface area (Å²) in [7, 11) is 0. The van der Waals surface area contributed by atoms with Crippen molar-refractivity contribution in [3.63, 3.8) is 0 Å². The van der Waals surface area contributed by atoms with Crippen LogP contribution in [0.3, 0.4) is 0 Å². The average molecular weight is 303 g/mol. The Bertz CT molecular complexity index is 493. The van der Waals surface area contributed by atoms with Crippen molar-refractivity contribution in [1.82, 2.24) is 15.5 Å². The predicted molar refractivity (Wildman–Crippen MR) is 85.9 cm³/mol. The van der Waals surface area contributed by atoms with E-state index < -0.39 is 0 Å². The Labute approximate surface area is 132 Å². The van der Waals surface area contributed by atoms with E-state index in [-0.39, 0.29) is 12.1 Å². The molecule has 2 N–H and O–H groups in total. The van der Waals surface area contributed by atoms with Crippen LogP contribution in [0.15, 0.2) is 24.3 Å². The zero-order valence-electron chi connectivity index (χ0n) is 13.2. The summed E-state index contributed by atoms with van der Waals surface area (Å²) in [4.78, 5) is 14.3. The van der Waals surface area contributed by atoms with Gasteiger partial charge in [0.15, 0.2) is 0 Å². The molecule has 2 fully saturated rings. The first-order chi connectivity index (χ1) is 10.7. The lowest BCUT2D eigenvalue weighted by molar-refractivity contribution is 0.0167. The van der Waals surface area contributed by atoms with Crippen LogP contribution in [0.2, 0.25) is 0 Å². The zero-order chi connectivity index (χ0) is 15.4. The molecule has 5 heteroatoms. The van der Waals surface area contributed by atoms with Crippen molar-refractivity contribution in [2.75, 3.05) is 32.8 Å². The molecule has 5 nitrogen and oxygen atoms in total. The van der Waals surface area contributed by atoms with E-state index in [0.29, 0.717) is 12.6 Å². The number of nitrogens with one attached hydrogen (secondary N) is 2. The Morgan fingerprint density at radius 1 is 1.27 bits per heavy atom. The third-order valence-electron chi connectivity index (χ3n) is 4.32. The van der Waals surface area contributed by atoms with Gasteiger partial charge in [0.2, 0.25) is 0 Å². The summed E-state index contributed by atoms with van der Waals surface area (Å²) in [5.74, 6) is 0. The molecular formula is C17H25N3O2. The van der Waals surface area contributed by atoms with Gasteiger partial charge in [0.1, 0.15) is 0 Å². The first-order valence-corrected chi connectivity index (χ1v) is 8.15. The summed E-state index contributed by atoms with van der Waals surface area (Å²) in [5, 5.41) is 6.01. The molecule has 0 spiro atoms. The lowest BCUT2D eigenvalue weighted by atomic mass is 10.0. The fourth-order valence-corrected chi connectivity index (χ4v) is 2.79. The van der Waals surface area contributed by atoms with Crippen molar-refractivity contribution in [2.45, 2.75) is 31.8 Å². The molecule has 1 heterocycles. The number of amides is 2. The highest BCUT2D eigenvalue weighted by Crippen LogP contribution is 2.22. The van der Waals surface area contributed by atoms with Crippen LogP contribution < -0.4 is 10.6 Å². The van der Waals surface area contributed by atoms with Gasteiger partial charge in [-0.1, -0.05) is 29.8 Å². The van der Waals surface area contributed by atoms with E-state index in [1.807, 2.05) is 0 Å². The molecule has 1 aromatic carbocycles. The maximum Gasteiger partial charge on any atom is 0.315 e. The first-order valence-electron chi connectivity index (χ1n) is 8.15. The number of carbonyl (C=O) groups is 1. The topological polar surface area (TPSA) is 53.6 Å². The highest BCUT2D eigenvalue weighted by Gasteiger charge is 2.25. The van der Waals surface area contributed by atoms with Crippen molar-refractivity contribution in [2.24, 2.45) is 0 Å². The minimum Gasteiger partial charge on any atom is -0.379 e. The van der Waals surface area contributed by atoms with E-state index in [0.717, 1.165) is 39.1 Å². The molecule has 0 unspecified atom stereocenters. The summed E-state index contributed by atoms with van der Waals surface area (Å²) in [6, 6.07) is 9.13. The lowest BCUT2D eigenvalue weighted by Crippen LogP contribution is -2.46. The summed E-state index contributed by atoms with van der Waals surface area (Å²) < 4.78 is 5.45. The van der Waals surface area contributed by atoms with Crippen molar-refractivity contribution in [3.8, 4) is 0 Å². The van der Waals surface area contributed by atoms with Crippen molar-refractivity contribution < 1.29 is 9.53 Å². The third-order valence-corrected chi connectivity index (χ3v) is 4.32. The number of nitrogens with zero attached hydrogens (tertiary/aromatic N) is 1. The molecule has 0 bridgehead atoms. The maximum atomic E-state index is 11.9. The van der Waals surface area contributed by atoms with Gasteiger partial charge in [-0.2, -0.15) is 0 Å². The number of aryl methyl sites for hydroxylation is 1. The quantitative estimate of drug-likeness (QED) is 0.872. The molecule has 3 rings (SSSR count). The second-order valence-corrected chi connectivity index (χ2v) is 6.20.